The predicted octanol–water partition coefficient (Wildman–Crippen LogP) is 3.60. The van der Waals surface area contributed by atoms with Crippen LogP contribution in [0.1, 0.15) is 31.7 Å². The van der Waals surface area contributed by atoms with E-state index < -0.39 is 0 Å². The molecule has 88 valence electrons. The van der Waals surface area contributed by atoms with Crippen molar-refractivity contribution in [1.29, 1.82) is 0 Å². The summed E-state index contributed by atoms with van der Waals surface area (Å²) in [5.41, 5.74) is 7.34. The number of hydrogen-bond acceptors (Lipinski definition) is 2. The third kappa shape index (κ3) is 2.28. The van der Waals surface area contributed by atoms with Crippen LogP contribution in [0.2, 0.25) is 0 Å². The summed E-state index contributed by atoms with van der Waals surface area (Å²) in [5.74, 6) is 0.740. The molecule has 1 fully saturated rings. The Balaban J connectivity index is 2.15. The number of thioether (sulfide) groups is 1. The van der Waals surface area contributed by atoms with E-state index in [2.05, 4.69) is 38.1 Å². The van der Waals surface area contributed by atoms with Crippen LogP contribution in [0.25, 0.3) is 0 Å². The number of nitrogens with two attached hydrogens (primary N) is 1. The molecular weight excluding hydrogens is 214 g/mol. The van der Waals surface area contributed by atoms with Crippen molar-refractivity contribution in [2.75, 3.05) is 6.54 Å². The molecule has 2 atom stereocenters. The lowest BCUT2D eigenvalue weighted by Gasteiger charge is -2.31. The second-order valence-electron chi connectivity index (χ2n) is 4.98. The average molecular weight is 235 g/mol. The average Bonchev–Trinajstić information content (AvgIpc) is 2.64. The maximum Gasteiger partial charge on any atom is 0.0354 e. The molecule has 1 nitrogen and oxygen atoms in total. The first-order valence-corrected chi connectivity index (χ1v) is 6.94. The topological polar surface area (TPSA) is 26.0 Å². The number of hydrogen-bond donors (Lipinski definition) is 1. The Morgan fingerprint density at radius 1 is 1.38 bits per heavy atom. The fraction of sp³-hybridized carbons (Fsp3) is 0.571. The van der Waals surface area contributed by atoms with Gasteiger partial charge in [-0.1, -0.05) is 31.0 Å². The van der Waals surface area contributed by atoms with E-state index in [0.29, 0.717) is 0 Å². The molecule has 0 aromatic heterocycles. The summed E-state index contributed by atoms with van der Waals surface area (Å²) in [6, 6.07) is 8.82. The highest BCUT2D eigenvalue weighted by atomic mass is 32.2. The third-order valence-electron chi connectivity index (χ3n) is 3.82. The first-order chi connectivity index (χ1) is 7.66. The molecule has 1 saturated carbocycles. The zero-order chi connectivity index (χ0) is 11.6. The van der Waals surface area contributed by atoms with Crippen LogP contribution in [0.4, 0.5) is 0 Å². The zero-order valence-electron chi connectivity index (χ0n) is 10.2. The highest BCUT2D eigenvalue weighted by molar-refractivity contribution is 8.00. The Kier molecular flexibility index (Phi) is 3.60. The van der Waals surface area contributed by atoms with Crippen molar-refractivity contribution in [1.82, 2.24) is 0 Å². The quantitative estimate of drug-likeness (QED) is 0.866. The van der Waals surface area contributed by atoms with Gasteiger partial charge in [0.25, 0.3) is 0 Å². The maximum atomic E-state index is 6.02. The molecule has 0 amide bonds. The zero-order valence-corrected chi connectivity index (χ0v) is 11.0. The summed E-state index contributed by atoms with van der Waals surface area (Å²) < 4.78 is 0.287. The van der Waals surface area contributed by atoms with Crippen molar-refractivity contribution in [3.63, 3.8) is 0 Å². The summed E-state index contributed by atoms with van der Waals surface area (Å²) in [4.78, 5) is 1.37. The third-order valence-corrected chi connectivity index (χ3v) is 5.51. The molecule has 0 saturated heterocycles. The molecule has 2 rings (SSSR count). The number of rotatable bonds is 3. The lowest BCUT2D eigenvalue weighted by molar-refractivity contribution is 0.476. The van der Waals surface area contributed by atoms with Crippen molar-refractivity contribution in [3.05, 3.63) is 29.8 Å². The summed E-state index contributed by atoms with van der Waals surface area (Å²) in [6.07, 6.45) is 3.93. The lowest BCUT2D eigenvalue weighted by Crippen LogP contribution is -2.36. The van der Waals surface area contributed by atoms with Gasteiger partial charge in [0.05, 0.1) is 0 Å². The normalized spacial score (nSPS) is 29.6. The molecular formula is C14H21NS. The monoisotopic (exact) mass is 235 g/mol. The molecule has 1 aliphatic rings. The highest BCUT2D eigenvalue weighted by Gasteiger charge is 2.39. The highest BCUT2D eigenvalue weighted by Crippen LogP contribution is 2.48. The fourth-order valence-electron chi connectivity index (χ4n) is 2.55. The Hall–Kier alpha value is -0.470. The van der Waals surface area contributed by atoms with Gasteiger partial charge in [-0.3, -0.25) is 0 Å². The minimum Gasteiger partial charge on any atom is -0.329 e. The molecule has 0 radical (unpaired) electrons. The largest absolute Gasteiger partial charge is 0.329 e. The molecule has 1 aromatic rings. The van der Waals surface area contributed by atoms with Crippen molar-refractivity contribution >= 4 is 11.8 Å². The lowest BCUT2D eigenvalue weighted by atomic mass is 9.97. The molecule has 1 aliphatic carbocycles. The standard InChI is InChI=1S/C14H21NS/c1-11-5-7-13(8-6-11)16-14(10-15)9-3-4-12(14)2/h5-8,12H,3-4,9-10,15H2,1-2H3. The van der Waals surface area contributed by atoms with Gasteiger partial charge >= 0.3 is 0 Å². The van der Waals surface area contributed by atoms with Crippen molar-refractivity contribution in [3.8, 4) is 0 Å². The van der Waals surface area contributed by atoms with Crippen LogP contribution in [0.5, 0.6) is 0 Å². The minimum atomic E-state index is 0.287. The SMILES string of the molecule is Cc1ccc(SC2(CN)CCCC2C)cc1. The van der Waals surface area contributed by atoms with Gasteiger partial charge in [0.1, 0.15) is 0 Å². The molecule has 2 heteroatoms. The van der Waals surface area contributed by atoms with E-state index in [-0.39, 0.29) is 4.75 Å². The smallest absolute Gasteiger partial charge is 0.0354 e. The first kappa shape index (κ1) is 12.0. The van der Waals surface area contributed by atoms with Gasteiger partial charge < -0.3 is 5.73 Å². The number of aryl methyl sites for hydroxylation is 1. The van der Waals surface area contributed by atoms with Crippen molar-refractivity contribution in [2.24, 2.45) is 11.7 Å². The fourth-order valence-corrected chi connectivity index (χ4v) is 3.94. The summed E-state index contributed by atoms with van der Waals surface area (Å²) in [5, 5.41) is 0. The molecule has 0 aliphatic heterocycles. The van der Waals surface area contributed by atoms with Crippen LogP contribution >= 0.6 is 11.8 Å². The summed E-state index contributed by atoms with van der Waals surface area (Å²) in [7, 11) is 0. The minimum absolute atomic E-state index is 0.287. The maximum absolute atomic E-state index is 6.02. The Bertz CT molecular complexity index is 346. The van der Waals surface area contributed by atoms with E-state index in [4.69, 9.17) is 5.73 Å². The van der Waals surface area contributed by atoms with Gasteiger partial charge in [-0.05, 0) is 37.8 Å². The van der Waals surface area contributed by atoms with Crippen LogP contribution in [0.15, 0.2) is 29.2 Å². The van der Waals surface area contributed by atoms with Crippen LogP contribution in [-0.2, 0) is 0 Å². The molecule has 0 heterocycles. The van der Waals surface area contributed by atoms with Gasteiger partial charge in [-0.2, -0.15) is 0 Å². The summed E-state index contributed by atoms with van der Waals surface area (Å²) in [6.45, 7) is 5.28. The Morgan fingerprint density at radius 2 is 2.06 bits per heavy atom. The van der Waals surface area contributed by atoms with Crippen LogP contribution < -0.4 is 5.73 Å². The first-order valence-electron chi connectivity index (χ1n) is 6.12. The molecule has 0 spiro atoms. The van der Waals surface area contributed by atoms with Gasteiger partial charge in [0.2, 0.25) is 0 Å². The molecule has 2 N–H and O–H groups in total. The molecule has 16 heavy (non-hydrogen) atoms. The second kappa shape index (κ2) is 4.80. The van der Waals surface area contributed by atoms with Gasteiger partial charge in [0, 0.05) is 16.2 Å². The van der Waals surface area contributed by atoms with Gasteiger partial charge in [-0.15, -0.1) is 11.8 Å². The van der Waals surface area contributed by atoms with E-state index in [1.165, 1.54) is 29.7 Å². The van der Waals surface area contributed by atoms with Crippen LogP contribution in [0.3, 0.4) is 0 Å². The molecule has 2 unspecified atom stereocenters. The van der Waals surface area contributed by atoms with E-state index >= 15 is 0 Å². The van der Waals surface area contributed by atoms with Gasteiger partial charge in [0.15, 0.2) is 0 Å². The molecule has 1 aromatic carbocycles. The van der Waals surface area contributed by atoms with Crippen LogP contribution in [0, 0.1) is 12.8 Å². The van der Waals surface area contributed by atoms with E-state index in [9.17, 15) is 0 Å². The van der Waals surface area contributed by atoms with Crippen molar-refractivity contribution in [2.45, 2.75) is 42.8 Å². The van der Waals surface area contributed by atoms with E-state index in [1.54, 1.807) is 0 Å². The Labute approximate surface area is 103 Å². The van der Waals surface area contributed by atoms with E-state index in [0.717, 1.165) is 12.5 Å². The summed E-state index contributed by atoms with van der Waals surface area (Å²) >= 11 is 1.99. The predicted molar refractivity (Wildman–Crippen MR) is 71.8 cm³/mol. The van der Waals surface area contributed by atoms with Crippen LogP contribution in [-0.4, -0.2) is 11.3 Å². The second-order valence-corrected chi connectivity index (χ2v) is 6.47. The van der Waals surface area contributed by atoms with Crippen molar-refractivity contribution < 1.29 is 0 Å². The van der Waals surface area contributed by atoms with E-state index in [1.807, 2.05) is 11.8 Å². The number of benzene rings is 1. The molecule has 0 bridgehead atoms. The Morgan fingerprint density at radius 3 is 2.56 bits per heavy atom. The van der Waals surface area contributed by atoms with Gasteiger partial charge in [-0.25, -0.2) is 0 Å².